The van der Waals surface area contributed by atoms with Crippen LogP contribution >= 0.6 is 7.60 Å². The van der Waals surface area contributed by atoms with Crippen molar-refractivity contribution in [3.8, 4) is 0 Å². The Hall–Kier alpha value is -0.800. The van der Waals surface area contributed by atoms with Gasteiger partial charge in [0.1, 0.15) is 0 Å². The van der Waals surface area contributed by atoms with Crippen molar-refractivity contribution in [3.05, 3.63) is 23.1 Å². The van der Waals surface area contributed by atoms with Gasteiger partial charge in [-0.15, -0.1) is 6.58 Å². The monoisotopic (exact) mass is 163 g/mol. The van der Waals surface area contributed by atoms with Crippen molar-refractivity contribution in [1.29, 1.82) is 0 Å². The van der Waals surface area contributed by atoms with E-state index in [-0.39, 0.29) is 0 Å². The minimum absolute atomic E-state index is 0.903. The number of hydrogen-bond donors (Lipinski definition) is 2. The molecule has 0 aliphatic carbocycles. The van der Waals surface area contributed by atoms with Gasteiger partial charge in [-0.05, 0) is 5.53 Å². The fraction of sp³-hybridized carbons (Fsp3) is 0.333. The molecule has 0 heterocycles. The zero-order chi connectivity index (χ0) is 8.20. The molecule has 0 fully saturated rings. The number of nitrogens with zero attached hydrogens (tertiary/aromatic N) is 3. The fourth-order valence-electron chi connectivity index (χ4n) is 0.305. The van der Waals surface area contributed by atoms with E-state index in [1.807, 2.05) is 0 Å². The van der Waals surface area contributed by atoms with E-state index in [0.29, 0.717) is 0 Å². The van der Waals surface area contributed by atoms with E-state index in [4.69, 9.17) is 15.3 Å². The fourth-order valence-corrected chi connectivity index (χ4v) is 0.760. The van der Waals surface area contributed by atoms with Crippen LogP contribution in [0.2, 0.25) is 0 Å². The molecule has 7 heteroatoms. The molecule has 1 unspecified atom stereocenters. The minimum atomic E-state index is -4.33. The molecule has 56 valence electrons. The van der Waals surface area contributed by atoms with Gasteiger partial charge in [0.2, 0.25) is 0 Å². The SMILES string of the molecule is C=CC(N=[N+]=[N-])P(=O)(O)O. The highest BCUT2D eigenvalue weighted by Crippen LogP contribution is 2.42. The second-order valence-electron chi connectivity index (χ2n) is 1.44. The minimum Gasteiger partial charge on any atom is -0.324 e. The summed E-state index contributed by atoms with van der Waals surface area (Å²) < 4.78 is 10.3. The molecule has 0 aromatic rings. The van der Waals surface area contributed by atoms with Gasteiger partial charge in [-0.25, -0.2) is 0 Å². The Labute approximate surface area is 57.0 Å². The van der Waals surface area contributed by atoms with E-state index >= 15 is 0 Å². The normalized spacial score (nSPS) is 13.4. The average Bonchev–Trinajstić information content (AvgIpc) is 1.80. The number of azide groups is 1. The second kappa shape index (κ2) is 3.39. The average molecular weight is 163 g/mol. The van der Waals surface area contributed by atoms with Crippen LogP contribution in [0.25, 0.3) is 10.4 Å². The van der Waals surface area contributed by atoms with Crippen molar-refractivity contribution in [2.75, 3.05) is 0 Å². The first-order chi connectivity index (χ1) is 4.52. The number of rotatable bonds is 3. The lowest BCUT2D eigenvalue weighted by Gasteiger charge is -2.05. The molecule has 0 aliphatic rings. The van der Waals surface area contributed by atoms with E-state index in [1.54, 1.807) is 0 Å². The van der Waals surface area contributed by atoms with Crippen molar-refractivity contribution in [2.45, 2.75) is 5.78 Å². The van der Waals surface area contributed by atoms with Crippen LogP contribution in [0, 0.1) is 0 Å². The zero-order valence-corrected chi connectivity index (χ0v) is 5.85. The molecule has 2 N–H and O–H groups in total. The van der Waals surface area contributed by atoms with Gasteiger partial charge >= 0.3 is 7.60 Å². The molecule has 0 amide bonds. The van der Waals surface area contributed by atoms with Crippen molar-refractivity contribution in [1.82, 2.24) is 0 Å². The highest BCUT2D eigenvalue weighted by atomic mass is 31.2. The summed E-state index contributed by atoms with van der Waals surface area (Å²) >= 11 is 0. The first-order valence-corrected chi connectivity index (χ1v) is 3.92. The highest BCUT2D eigenvalue weighted by Gasteiger charge is 2.23. The molecule has 0 spiro atoms. The van der Waals surface area contributed by atoms with Crippen LogP contribution in [0.4, 0.5) is 0 Å². The first-order valence-electron chi connectivity index (χ1n) is 2.24. The smallest absolute Gasteiger partial charge is 0.324 e. The molecule has 0 radical (unpaired) electrons. The third kappa shape index (κ3) is 2.66. The maximum absolute atomic E-state index is 10.3. The second-order valence-corrected chi connectivity index (χ2v) is 3.15. The van der Waals surface area contributed by atoms with Crippen LogP contribution < -0.4 is 0 Å². The van der Waals surface area contributed by atoms with Crippen LogP contribution in [0.5, 0.6) is 0 Å². The first kappa shape index (κ1) is 9.20. The van der Waals surface area contributed by atoms with Gasteiger partial charge in [0, 0.05) is 4.91 Å². The molecule has 0 saturated carbocycles. The molecule has 10 heavy (non-hydrogen) atoms. The van der Waals surface area contributed by atoms with Gasteiger partial charge in [0.25, 0.3) is 0 Å². The lowest BCUT2D eigenvalue weighted by Crippen LogP contribution is -1.98. The third-order valence-electron chi connectivity index (χ3n) is 0.725. The Morgan fingerprint density at radius 2 is 2.30 bits per heavy atom. The molecule has 6 nitrogen and oxygen atoms in total. The molecule has 0 bridgehead atoms. The van der Waals surface area contributed by atoms with Crippen LogP contribution in [0.3, 0.4) is 0 Å². The zero-order valence-electron chi connectivity index (χ0n) is 4.95. The van der Waals surface area contributed by atoms with Crippen LogP contribution in [-0.2, 0) is 4.57 Å². The van der Waals surface area contributed by atoms with E-state index in [9.17, 15) is 4.57 Å². The van der Waals surface area contributed by atoms with E-state index in [2.05, 4.69) is 16.6 Å². The summed E-state index contributed by atoms with van der Waals surface area (Å²) in [5.41, 5.74) is 7.80. The largest absolute Gasteiger partial charge is 0.338 e. The van der Waals surface area contributed by atoms with E-state index < -0.39 is 13.4 Å². The van der Waals surface area contributed by atoms with Gasteiger partial charge in [0.15, 0.2) is 5.78 Å². The van der Waals surface area contributed by atoms with Gasteiger partial charge in [0.05, 0.1) is 0 Å². The summed E-state index contributed by atoms with van der Waals surface area (Å²) in [4.78, 5) is 19.0. The van der Waals surface area contributed by atoms with Crippen molar-refractivity contribution >= 4 is 7.60 Å². The standard InChI is InChI=1S/C3H6N3O3P/c1-2-3(5-6-4)10(7,8)9/h2-3H,1H2,(H2,7,8,9). The molecule has 0 rings (SSSR count). The maximum atomic E-state index is 10.3. The molecule has 0 saturated heterocycles. The molecular formula is C3H6N3O3P. The predicted molar refractivity (Wildman–Crippen MR) is 35.2 cm³/mol. The Bertz CT molecular complexity index is 215. The van der Waals surface area contributed by atoms with Crippen molar-refractivity contribution in [2.24, 2.45) is 5.11 Å². The van der Waals surface area contributed by atoms with Crippen LogP contribution in [0.15, 0.2) is 17.8 Å². The van der Waals surface area contributed by atoms with Crippen LogP contribution in [0.1, 0.15) is 0 Å². The quantitative estimate of drug-likeness (QED) is 0.213. The van der Waals surface area contributed by atoms with Crippen molar-refractivity contribution < 1.29 is 14.4 Å². The molecule has 1 atom stereocenters. The summed E-state index contributed by atoms with van der Waals surface area (Å²) in [5.74, 6) is -1.45. The number of hydrogen-bond acceptors (Lipinski definition) is 2. The molecule has 0 aliphatic heterocycles. The van der Waals surface area contributed by atoms with Gasteiger partial charge in [-0.1, -0.05) is 11.2 Å². The Balaban J connectivity index is 4.52. The highest BCUT2D eigenvalue weighted by molar-refractivity contribution is 7.52. The van der Waals surface area contributed by atoms with Gasteiger partial charge < -0.3 is 9.79 Å². The lowest BCUT2D eigenvalue weighted by atomic mass is 10.6. The molecular weight excluding hydrogens is 157 g/mol. The Kier molecular flexibility index (Phi) is 3.12. The summed E-state index contributed by atoms with van der Waals surface area (Å²) in [6, 6.07) is 0. The van der Waals surface area contributed by atoms with Crippen molar-refractivity contribution in [3.63, 3.8) is 0 Å². The predicted octanol–water partition coefficient (Wildman–Crippen LogP) is 0.986. The summed E-state index contributed by atoms with van der Waals surface area (Å²) in [5, 5.41) is 2.81. The van der Waals surface area contributed by atoms with Gasteiger partial charge in [-0.3, -0.25) is 4.57 Å². The van der Waals surface area contributed by atoms with E-state index in [1.165, 1.54) is 0 Å². The summed E-state index contributed by atoms with van der Waals surface area (Å²) in [6.07, 6.45) is 0.903. The van der Waals surface area contributed by atoms with Gasteiger partial charge in [-0.2, -0.15) is 0 Å². The lowest BCUT2D eigenvalue weighted by molar-refractivity contribution is 0.365. The molecule has 0 aromatic heterocycles. The molecule has 0 aromatic carbocycles. The topological polar surface area (TPSA) is 106 Å². The summed E-state index contributed by atoms with van der Waals surface area (Å²) in [7, 11) is -4.33. The third-order valence-corrected chi connectivity index (χ3v) is 1.73. The maximum Gasteiger partial charge on any atom is 0.338 e. The Morgan fingerprint density at radius 1 is 1.80 bits per heavy atom. The van der Waals surface area contributed by atoms with Crippen LogP contribution in [-0.4, -0.2) is 15.6 Å². The summed E-state index contributed by atoms with van der Waals surface area (Å²) in [6.45, 7) is 3.09. The Morgan fingerprint density at radius 3 is 2.40 bits per heavy atom. The van der Waals surface area contributed by atoms with E-state index in [0.717, 1.165) is 6.08 Å².